The molecule has 8 nitrogen and oxygen atoms in total. The number of aromatic nitrogens is 5. The molecule has 0 radical (unpaired) electrons. The smallest absolute Gasteiger partial charge is 0.280 e. The third kappa shape index (κ3) is 3.41. The van der Waals surface area contributed by atoms with Crippen LogP contribution in [0.3, 0.4) is 0 Å². The third-order valence-electron chi connectivity index (χ3n) is 4.80. The Hall–Kier alpha value is -3.10. The van der Waals surface area contributed by atoms with Crippen LogP contribution in [-0.2, 0) is 17.8 Å². The second-order valence-electron chi connectivity index (χ2n) is 6.61. The van der Waals surface area contributed by atoms with Crippen molar-refractivity contribution in [2.24, 2.45) is 0 Å². The molecule has 0 saturated heterocycles. The quantitative estimate of drug-likeness (QED) is 0.522. The maximum Gasteiger partial charge on any atom is 0.280 e. The Morgan fingerprint density at radius 1 is 1.17 bits per heavy atom. The fourth-order valence-corrected chi connectivity index (χ4v) is 3.41. The van der Waals surface area contributed by atoms with Crippen LogP contribution in [-0.4, -0.2) is 41.9 Å². The zero-order valence-electron chi connectivity index (χ0n) is 15.7. The van der Waals surface area contributed by atoms with Gasteiger partial charge in [-0.1, -0.05) is 30.7 Å². The molecule has 0 unspecified atom stereocenters. The standard InChI is InChI=1S/C20H18ClN5O3/c1-2-15-17(12-3-5-13(21)6-4-12)19-23-22-18-16(26(19)24-15)8-10-25(20(18)29)9-7-14(28)11-27/h3-6,8,10,27H,2,7,9,11H2,1H3. The number of nitrogens with zero attached hydrogens (tertiary/aromatic N) is 5. The molecule has 4 rings (SSSR count). The van der Waals surface area contributed by atoms with Crippen LogP contribution in [0, 0.1) is 0 Å². The minimum atomic E-state index is -0.538. The molecule has 0 fully saturated rings. The number of halogens is 1. The Kier molecular flexibility index (Phi) is 5.12. The van der Waals surface area contributed by atoms with E-state index in [1.165, 1.54) is 4.57 Å². The van der Waals surface area contributed by atoms with Crippen LogP contribution in [0.5, 0.6) is 0 Å². The molecule has 148 valence electrons. The number of aliphatic hydroxyl groups excluding tert-OH is 1. The number of hydrogen-bond acceptors (Lipinski definition) is 6. The predicted molar refractivity (Wildman–Crippen MR) is 109 cm³/mol. The van der Waals surface area contributed by atoms with Gasteiger partial charge in [-0.25, -0.2) is 4.52 Å². The van der Waals surface area contributed by atoms with Crippen molar-refractivity contribution in [1.29, 1.82) is 0 Å². The van der Waals surface area contributed by atoms with Crippen molar-refractivity contribution >= 4 is 34.1 Å². The molecule has 1 N–H and O–H groups in total. The molecule has 9 heteroatoms. The zero-order chi connectivity index (χ0) is 20.5. The van der Waals surface area contributed by atoms with Crippen molar-refractivity contribution in [2.75, 3.05) is 6.61 Å². The summed E-state index contributed by atoms with van der Waals surface area (Å²) >= 11 is 6.01. The van der Waals surface area contributed by atoms with E-state index in [-0.39, 0.29) is 29.8 Å². The van der Waals surface area contributed by atoms with Crippen LogP contribution in [0.2, 0.25) is 5.02 Å². The molecule has 1 aromatic carbocycles. The number of carbonyl (C=O) groups is 1. The highest BCUT2D eigenvalue weighted by atomic mass is 35.5. The van der Waals surface area contributed by atoms with Crippen molar-refractivity contribution in [3.05, 3.63) is 57.6 Å². The number of aryl methyl sites for hydroxylation is 2. The summed E-state index contributed by atoms with van der Waals surface area (Å²) in [4.78, 5) is 24.1. The molecule has 3 aromatic heterocycles. The van der Waals surface area contributed by atoms with Crippen LogP contribution >= 0.6 is 11.6 Å². The van der Waals surface area contributed by atoms with E-state index in [1.807, 2.05) is 19.1 Å². The summed E-state index contributed by atoms with van der Waals surface area (Å²) in [7, 11) is 0. The highest BCUT2D eigenvalue weighted by Gasteiger charge is 2.18. The predicted octanol–water partition coefficient (Wildman–Crippen LogP) is 2.27. The largest absolute Gasteiger partial charge is 0.389 e. The summed E-state index contributed by atoms with van der Waals surface area (Å²) in [6.45, 7) is 1.63. The molecule has 0 aliphatic rings. The molecule has 0 amide bonds. The fraction of sp³-hybridized carbons (Fsp3) is 0.250. The SMILES string of the molecule is CCc1nn2c(nnc3c(=O)n(CCC(=O)CO)ccc32)c1-c1ccc(Cl)cc1. The molecular weight excluding hydrogens is 394 g/mol. The Bertz CT molecular complexity index is 1280. The molecule has 0 aliphatic carbocycles. The van der Waals surface area contributed by atoms with Crippen molar-refractivity contribution < 1.29 is 9.90 Å². The molecule has 3 heterocycles. The molecule has 0 bridgehead atoms. The van der Waals surface area contributed by atoms with Crippen LogP contribution < -0.4 is 5.56 Å². The molecule has 0 atom stereocenters. The van der Waals surface area contributed by atoms with Gasteiger partial charge in [-0.15, -0.1) is 10.2 Å². The number of carbonyl (C=O) groups excluding carboxylic acids is 1. The monoisotopic (exact) mass is 411 g/mol. The van der Waals surface area contributed by atoms with Crippen LogP contribution in [0.4, 0.5) is 0 Å². The molecule has 0 aliphatic heterocycles. The van der Waals surface area contributed by atoms with Gasteiger partial charge in [0.25, 0.3) is 5.56 Å². The average Bonchev–Trinajstić information content (AvgIpc) is 3.12. The lowest BCUT2D eigenvalue weighted by atomic mass is 10.0. The van der Waals surface area contributed by atoms with Crippen LogP contribution in [0.25, 0.3) is 27.8 Å². The minimum absolute atomic E-state index is 0.0695. The van der Waals surface area contributed by atoms with Gasteiger partial charge in [-0.3, -0.25) is 9.59 Å². The molecule has 0 saturated carbocycles. The van der Waals surface area contributed by atoms with E-state index in [4.69, 9.17) is 16.7 Å². The van der Waals surface area contributed by atoms with E-state index in [0.29, 0.717) is 22.6 Å². The Morgan fingerprint density at radius 2 is 1.93 bits per heavy atom. The first-order valence-corrected chi connectivity index (χ1v) is 9.57. The number of Topliss-reactive ketones (excluding diaryl/α,β-unsaturated/α-hetero) is 1. The lowest BCUT2D eigenvalue weighted by molar-refractivity contribution is -0.121. The van der Waals surface area contributed by atoms with Crippen LogP contribution in [0.1, 0.15) is 19.0 Å². The van der Waals surface area contributed by atoms with Gasteiger partial charge in [0.05, 0.1) is 11.3 Å². The molecule has 29 heavy (non-hydrogen) atoms. The van der Waals surface area contributed by atoms with E-state index in [0.717, 1.165) is 16.8 Å². The number of fused-ring (bicyclic) bond motifs is 3. The molecular formula is C20H18ClN5O3. The third-order valence-corrected chi connectivity index (χ3v) is 5.05. The van der Waals surface area contributed by atoms with Crippen molar-refractivity contribution in [1.82, 2.24) is 24.4 Å². The van der Waals surface area contributed by atoms with Gasteiger partial charge in [0.1, 0.15) is 12.1 Å². The number of ketones is 1. The minimum Gasteiger partial charge on any atom is -0.389 e. The van der Waals surface area contributed by atoms with Crippen molar-refractivity contribution in [2.45, 2.75) is 26.3 Å². The Balaban J connectivity index is 1.88. The molecule has 4 aromatic rings. The number of rotatable bonds is 6. The lowest BCUT2D eigenvalue weighted by Gasteiger charge is -2.06. The van der Waals surface area contributed by atoms with E-state index >= 15 is 0 Å². The van der Waals surface area contributed by atoms with Crippen molar-refractivity contribution in [3.8, 4) is 11.1 Å². The summed E-state index contributed by atoms with van der Waals surface area (Å²) in [5.74, 6) is -0.328. The van der Waals surface area contributed by atoms with E-state index < -0.39 is 6.61 Å². The van der Waals surface area contributed by atoms with Gasteiger partial charge < -0.3 is 9.67 Å². The first kappa shape index (κ1) is 19.2. The average molecular weight is 412 g/mol. The van der Waals surface area contributed by atoms with Gasteiger partial charge >= 0.3 is 0 Å². The highest BCUT2D eigenvalue weighted by Crippen LogP contribution is 2.29. The van der Waals surface area contributed by atoms with E-state index in [9.17, 15) is 9.59 Å². The summed E-state index contributed by atoms with van der Waals surface area (Å²) in [6, 6.07) is 9.16. The number of benzene rings is 1. The second-order valence-corrected chi connectivity index (χ2v) is 7.05. The normalized spacial score (nSPS) is 11.4. The maximum atomic E-state index is 12.8. The topological polar surface area (TPSA) is 102 Å². The van der Waals surface area contributed by atoms with E-state index in [2.05, 4.69) is 15.3 Å². The number of pyridine rings is 1. The first-order valence-electron chi connectivity index (χ1n) is 9.19. The number of hydrogen-bond donors (Lipinski definition) is 1. The summed E-state index contributed by atoms with van der Waals surface area (Å²) < 4.78 is 3.02. The van der Waals surface area contributed by atoms with Crippen LogP contribution in [0.15, 0.2) is 41.3 Å². The number of aliphatic hydroxyl groups is 1. The summed E-state index contributed by atoms with van der Waals surface area (Å²) in [6.07, 6.45) is 2.36. The second kappa shape index (κ2) is 7.73. The van der Waals surface area contributed by atoms with Crippen molar-refractivity contribution in [3.63, 3.8) is 0 Å². The van der Waals surface area contributed by atoms with Gasteiger partial charge in [0, 0.05) is 24.2 Å². The van der Waals surface area contributed by atoms with Gasteiger partial charge in [0.2, 0.25) is 0 Å². The van der Waals surface area contributed by atoms with Gasteiger partial charge in [-0.05, 0) is 30.2 Å². The summed E-state index contributed by atoms with van der Waals surface area (Å²) in [5, 5.41) is 22.6. The fourth-order valence-electron chi connectivity index (χ4n) is 3.29. The Morgan fingerprint density at radius 3 is 2.62 bits per heavy atom. The van der Waals surface area contributed by atoms with Gasteiger partial charge in [0.15, 0.2) is 16.9 Å². The zero-order valence-corrected chi connectivity index (χ0v) is 16.4. The van der Waals surface area contributed by atoms with Gasteiger partial charge in [-0.2, -0.15) is 5.10 Å². The molecule has 0 spiro atoms. The van der Waals surface area contributed by atoms with E-state index in [1.54, 1.807) is 28.9 Å². The summed E-state index contributed by atoms with van der Waals surface area (Å²) in [5.41, 5.74) is 3.53. The Labute approximate surface area is 170 Å². The first-order chi connectivity index (χ1) is 14.0. The maximum absolute atomic E-state index is 12.8. The lowest BCUT2D eigenvalue weighted by Crippen LogP contribution is -2.23. The highest BCUT2D eigenvalue weighted by molar-refractivity contribution is 6.30.